The third-order valence-corrected chi connectivity index (χ3v) is 6.19. The van der Waals surface area contributed by atoms with Crippen LogP contribution in [-0.2, 0) is 9.59 Å². The van der Waals surface area contributed by atoms with Crippen molar-refractivity contribution in [3.05, 3.63) is 29.8 Å². The molecule has 7 nitrogen and oxygen atoms in total. The van der Waals surface area contributed by atoms with E-state index in [4.69, 9.17) is 0 Å². The van der Waals surface area contributed by atoms with Crippen LogP contribution < -0.4 is 10.6 Å². The molecule has 3 rings (SSSR count). The van der Waals surface area contributed by atoms with Crippen molar-refractivity contribution in [2.45, 2.75) is 50.7 Å². The van der Waals surface area contributed by atoms with Gasteiger partial charge in [-0.15, -0.1) is 0 Å². The topological polar surface area (TPSA) is 90.9 Å². The normalized spacial score (nSPS) is 18.7. The van der Waals surface area contributed by atoms with E-state index in [-0.39, 0.29) is 24.1 Å². The minimum absolute atomic E-state index is 0.0873. The second-order valence-electron chi connectivity index (χ2n) is 7.33. The first kappa shape index (κ1) is 21.4. The molecule has 0 aromatic heterocycles. The van der Waals surface area contributed by atoms with E-state index in [2.05, 4.69) is 27.4 Å². The van der Waals surface area contributed by atoms with Crippen molar-refractivity contribution in [1.82, 2.24) is 10.2 Å². The van der Waals surface area contributed by atoms with Crippen LogP contribution >= 0.6 is 11.8 Å². The Morgan fingerprint density at radius 3 is 2.59 bits per heavy atom. The lowest BCUT2D eigenvalue weighted by atomic mass is 10.2. The molecule has 1 atom stereocenters. The lowest BCUT2D eigenvalue weighted by molar-refractivity contribution is -0.121. The van der Waals surface area contributed by atoms with Crippen molar-refractivity contribution >= 4 is 40.3 Å². The number of benzene rings is 1. The number of hydrogen-bond acceptors (Lipinski definition) is 5. The summed E-state index contributed by atoms with van der Waals surface area (Å²) in [4.78, 5) is 42.8. The summed E-state index contributed by atoms with van der Waals surface area (Å²) >= 11 is 1.38. The smallest absolute Gasteiger partial charge is 0.262 e. The molecular formula is C21H28N4O3S. The van der Waals surface area contributed by atoms with Crippen LogP contribution in [0.15, 0.2) is 29.3 Å². The Labute approximate surface area is 175 Å². The van der Waals surface area contributed by atoms with E-state index in [0.29, 0.717) is 17.8 Å². The number of unbranched alkanes of at least 4 members (excludes halogenated alkanes) is 2. The number of nitrogens with zero attached hydrogens (tertiary/aromatic N) is 2. The number of carbonyl (C=O) groups is 3. The Kier molecular flexibility index (Phi) is 7.69. The Balaban J connectivity index is 1.45. The molecule has 0 unspecified atom stereocenters. The standard InChI is InChI=1S/C21H28N4O3S/c1-2-3-4-11-22-19(27)15-7-9-16(10-8-15)23-18(26)14-17-20(28)24-21(29-17)25-12-5-6-13-25/h7-10,17H,2-6,11-14H2,1H3,(H,22,27)(H,23,26)/t17-/m0/s1. The fourth-order valence-electron chi connectivity index (χ4n) is 3.32. The van der Waals surface area contributed by atoms with Gasteiger partial charge < -0.3 is 15.5 Å². The largest absolute Gasteiger partial charge is 0.352 e. The molecule has 3 amide bonds. The highest BCUT2D eigenvalue weighted by Crippen LogP contribution is 2.29. The van der Waals surface area contributed by atoms with Gasteiger partial charge in [0.15, 0.2) is 5.17 Å². The molecule has 2 N–H and O–H groups in total. The highest BCUT2D eigenvalue weighted by molar-refractivity contribution is 8.15. The van der Waals surface area contributed by atoms with Crippen molar-refractivity contribution in [3.63, 3.8) is 0 Å². The fraction of sp³-hybridized carbons (Fsp3) is 0.524. The zero-order chi connectivity index (χ0) is 20.6. The van der Waals surface area contributed by atoms with Gasteiger partial charge in [0.1, 0.15) is 5.25 Å². The summed E-state index contributed by atoms with van der Waals surface area (Å²) < 4.78 is 0. The predicted octanol–water partition coefficient (Wildman–Crippen LogP) is 3.03. The van der Waals surface area contributed by atoms with Crippen molar-refractivity contribution in [2.24, 2.45) is 4.99 Å². The van der Waals surface area contributed by atoms with Crippen molar-refractivity contribution < 1.29 is 14.4 Å². The van der Waals surface area contributed by atoms with Gasteiger partial charge in [-0.1, -0.05) is 31.5 Å². The lowest BCUT2D eigenvalue weighted by Gasteiger charge is -2.16. The van der Waals surface area contributed by atoms with Crippen LogP contribution in [0.5, 0.6) is 0 Å². The number of amidine groups is 1. The molecular weight excluding hydrogens is 388 g/mol. The van der Waals surface area contributed by atoms with Gasteiger partial charge in [0.2, 0.25) is 5.91 Å². The van der Waals surface area contributed by atoms with Gasteiger partial charge in [-0.05, 0) is 43.5 Å². The van der Waals surface area contributed by atoms with Crippen LogP contribution in [0, 0.1) is 0 Å². The number of thioether (sulfide) groups is 1. The molecule has 0 saturated carbocycles. The second-order valence-corrected chi connectivity index (χ2v) is 8.50. The SMILES string of the molecule is CCCCCNC(=O)c1ccc(NC(=O)C[C@@H]2SC(N3CCCC3)=NC2=O)cc1. The molecule has 156 valence electrons. The van der Waals surface area contributed by atoms with Crippen LogP contribution in [0.25, 0.3) is 0 Å². The summed E-state index contributed by atoms with van der Waals surface area (Å²) in [7, 11) is 0. The van der Waals surface area contributed by atoms with E-state index in [1.807, 2.05) is 0 Å². The maximum atomic E-state index is 12.3. The third-order valence-electron chi connectivity index (χ3n) is 4.97. The quantitative estimate of drug-likeness (QED) is 0.636. The molecule has 1 saturated heterocycles. The van der Waals surface area contributed by atoms with Gasteiger partial charge in [0, 0.05) is 37.3 Å². The molecule has 0 bridgehead atoms. The molecule has 0 aliphatic carbocycles. The first-order valence-corrected chi connectivity index (χ1v) is 11.2. The predicted molar refractivity (Wildman–Crippen MR) is 116 cm³/mol. The van der Waals surface area contributed by atoms with Gasteiger partial charge in [-0.25, -0.2) is 0 Å². The number of rotatable bonds is 8. The number of anilines is 1. The number of carbonyl (C=O) groups excluding carboxylic acids is 3. The number of nitrogens with one attached hydrogen (secondary N) is 2. The molecule has 2 aliphatic rings. The average molecular weight is 417 g/mol. The fourth-order valence-corrected chi connectivity index (χ4v) is 4.43. The van der Waals surface area contributed by atoms with Crippen LogP contribution in [0.3, 0.4) is 0 Å². The molecule has 1 aromatic carbocycles. The van der Waals surface area contributed by atoms with E-state index in [1.165, 1.54) is 11.8 Å². The second kappa shape index (κ2) is 10.4. The minimum atomic E-state index is -0.459. The lowest BCUT2D eigenvalue weighted by Crippen LogP contribution is -2.25. The van der Waals surface area contributed by atoms with E-state index >= 15 is 0 Å². The summed E-state index contributed by atoms with van der Waals surface area (Å²) in [5.74, 6) is -0.578. The van der Waals surface area contributed by atoms with Gasteiger partial charge in [-0.3, -0.25) is 14.4 Å². The Bertz CT molecular complexity index is 773. The molecule has 8 heteroatoms. The van der Waals surface area contributed by atoms with E-state index in [1.54, 1.807) is 24.3 Å². The van der Waals surface area contributed by atoms with Gasteiger partial charge in [0.05, 0.1) is 0 Å². The first-order valence-electron chi connectivity index (χ1n) is 10.3. The Morgan fingerprint density at radius 2 is 1.90 bits per heavy atom. The molecule has 29 heavy (non-hydrogen) atoms. The van der Waals surface area contributed by atoms with Crippen LogP contribution in [-0.4, -0.2) is 52.7 Å². The summed E-state index contributed by atoms with van der Waals surface area (Å²) in [5.41, 5.74) is 1.17. The summed E-state index contributed by atoms with van der Waals surface area (Å²) in [6.07, 6.45) is 5.50. The highest BCUT2D eigenvalue weighted by Gasteiger charge is 2.33. The molecule has 1 aromatic rings. The average Bonchev–Trinajstić information content (AvgIpc) is 3.36. The first-order chi connectivity index (χ1) is 14.1. The highest BCUT2D eigenvalue weighted by atomic mass is 32.2. The minimum Gasteiger partial charge on any atom is -0.352 e. The maximum Gasteiger partial charge on any atom is 0.262 e. The molecule has 2 heterocycles. The van der Waals surface area contributed by atoms with Crippen molar-refractivity contribution in [1.29, 1.82) is 0 Å². The summed E-state index contributed by atoms with van der Waals surface area (Å²) in [6, 6.07) is 6.78. The van der Waals surface area contributed by atoms with Gasteiger partial charge in [-0.2, -0.15) is 4.99 Å². The molecule has 2 aliphatic heterocycles. The van der Waals surface area contributed by atoms with Gasteiger partial charge in [0.25, 0.3) is 11.8 Å². The van der Waals surface area contributed by atoms with E-state index in [0.717, 1.165) is 50.4 Å². The molecule has 1 fully saturated rings. The van der Waals surface area contributed by atoms with Crippen LogP contribution in [0.1, 0.15) is 55.8 Å². The summed E-state index contributed by atoms with van der Waals surface area (Å²) in [5, 5.41) is 5.98. The summed E-state index contributed by atoms with van der Waals surface area (Å²) in [6.45, 7) is 4.64. The number of aliphatic imine (C=N–C) groups is 1. The van der Waals surface area contributed by atoms with Gasteiger partial charge >= 0.3 is 0 Å². The zero-order valence-electron chi connectivity index (χ0n) is 16.8. The molecule has 0 spiro atoms. The van der Waals surface area contributed by atoms with E-state index < -0.39 is 5.25 Å². The Hall–Kier alpha value is -2.35. The van der Waals surface area contributed by atoms with Crippen LogP contribution in [0.2, 0.25) is 0 Å². The number of amides is 3. The zero-order valence-corrected chi connectivity index (χ0v) is 17.6. The van der Waals surface area contributed by atoms with Crippen LogP contribution in [0.4, 0.5) is 5.69 Å². The number of likely N-dealkylation sites (tertiary alicyclic amines) is 1. The van der Waals surface area contributed by atoms with Crippen molar-refractivity contribution in [3.8, 4) is 0 Å². The third kappa shape index (κ3) is 6.06. The number of hydrogen-bond donors (Lipinski definition) is 2. The maximum absolute atomic E-state index is 12.3. The van der Waals surface area contributed by atoms with E-state index in [9.17, 15) is 14.4 Å². The monoisotopic (exact) mass is 416 g/mol. The molecule has 0 radical (unpaired) electrons. The van der Waals surface area contributed by atoms with Crippen molar-refractivity contribution in [2.75, 3.05) is 25.0 Å². The Morgan fingerprint density at radius 1 is 1.17 bits per heavy atom.